The second kappa shape index (κ2) is 5.84. The van der Waals surface area contributed by atoms with E-state index in [9.17, 15) is 9.36 Å². The lowest BCUT2D eigenvalue weighted by Gasteiger charge is -2.02. The Kier molecular flexibility index (Phi) is 4.73. The fraction of sp³-hybridized carbons (Fsp3) is 0.500. The van der Waals surface area contributed by atoms with E-state index >= 15 is 0 Å². The number of rotatable bonds is 6. The van der Waals surface area contributed by atoms with Crippen LogP contribution in [0.5, 0.6) is 0 Å². The number of carbonyl (C=O) groups is 1. The molecule has 0 saturated heterocycles. The van der Waals surface area contributed by atoms with E-state index < -0.39 is 13.9 Å². The molecule has 0 fully saturated rings. The highest BCUT2D eigenvalue weighted by Gasteiger charge is 2.14. The van der Waals surface area contributed by atoms with Crippen LogP contribution in [-0.2, 0) is 20.5 Å². The molecule has 1 aromatic rings. The summed E-state index contributed by atoms with van der Waals surface area (Å²) in [5.74, 6) is 0. The van der Waals surface area contributed by atoms with Crippen LogP contribution in [0, 0.1) is 0 Å². The summed E-state index contributed by atoms with van der Waals surface area (Å²) in [4.78, 5) is 31.2. The standard InChI is InChI=1S/C6H10N3O7P/c10-6(11)9-4-5(7-8-9)2-1-3-15-16-17(12,13)14/h4H,1-3H2,(H,10,11)(H2,12,13,14). The molecule has 0 aromatic carbocycles. The van der Waals surface area contributed by atoms with Gasteiger partial charge in [-0.1, -0.05) is 5.21 Å². The number of aryl methyl sites for hydroxylation is 1. The Morgan fingerprint density at radius 3 is 2.76 bits per heavy atom. The molecule has 0 aliphatic heterocycles. The van der Waals surface area contributed by atoms with E-state index in [2.05, 4.69) is 19.9 Å². The van der Waals surface area contributed by atoms with Crippen molar-refractivity contribution in [2.24, 2.45) is 0 Å². The predicted octanol–water partition coefficient (Wildman–Crippen LogP) is -0.222. The average molecular weight is 267 g/mol. The first-order chi connectivity index (χ1) is 7.88. The van der Waals surface area contributed by atoms with Crippen molar-refractivity contribution >= 4 is 13.9 Å². The predicted molar refractivity (Wildman–Crippen MR) is 50.8 cm³/mol. The molecule has 10 nitrogen and oxygen atoms in total. The summed E-state index contributed by atoms with van der Waals surface area (Å²) >= 11 is 0. The molecule has 0 unspecified atom stereocenters. The second-order valence-corrected chi connectivity index (χ2v) is 4.06. The number of carboxylic acid groups (broad SMARTS) is 1. The van der Waals surface area contributed by atoms with Crippen molar-refractivity contribution in [3.05, 3.63) is 11.9 Å². The molecule has 0 spiro atoms. The molecule has 0 atom stereocenters. The number of aromatic nitrogens is 3. The number of hydrogen-bond acceptors (Lipinski definition) is 6. The average Bonchev–Trinajstić information content (AvgIpc) is 2.64. The maximum atomic E-state index is 10.4. The molecule has 0 aliphatic rings. The van der Waals surface area contributed by atoms with Crippen LogP contribution >= 0.6 is 7.82 Å². The highest BCUT2D eigenvalue weighted by Crippen LogP contribution is 2.35. The van der Waals surface area contributed by atoms with E-state index in [1.807, 2.05) is 0 Å². The minimum absolute atomic E-state index is 0.0644. The number of nitrogens with zero attached hydrogens (tertiary/aromatic N) is 3. The summed E-state index contributed by atoms with van der Waals surface area (Å²) in [6.45, 7) is -0.0644. The highest BCUT2D eigenvalue weighted by molar-refractivity contribution is 7.46. The quantitative estimate of drug-likeness (QED) is 0.275. The molecule has 0 saturated carbocycles. The SMILES string of the molecule is O=C(O)n1cc(CCCOOP(=O)(O)O)nn1. The molecular formula is C6H10N3O7P. The lowest BCUT2D eigenvalue weighted by Crippen LogP contribution is -2.07. The maximum absolute atomic E-state index is 10.4. The van der Waals surface area contributed by atoms with Gasteiger partial charge in [0.25, 0.3) is 0 Å². The van der Waals surface area contributed by atoms with E-state index in [1.165, 1.54) is 6.20 Å². The lowest BCUT2D eigenvalue weighted by atomic mass is 10.3. The zero-order valence-electron chi connectivity index (χ0n) is 8.46. The van der Waals surface area contributed by atoms with Gasteiger partial charge in [-0.2, -0.15) is 4.68 Å². The molecule has 1 heterocycles. The van der Waals surface area contributed by atoms with Crippen molar-refractivity contribution in [2.75, 3.05) is 6.61 Å². The van der Waals surface area contributed by atoms with Gasteiger partial charge < -0.3 is 14.9 Å². The summed E-state index contributed by atoms with van der Waals surface area (Å²) in [7, 11) is -4.62. The third kappa shape index (κ3) is 5.52. The van der Waals surface area contributed by atoms with Gasteiger partial charge in [0, 0.05) is 0 Å². The van der Waals surface area contributed by atoms with Gasteiger partial charge in [-0.05, 0) is 12.8 Å². The molecule has 0 amide bonds. The monoisotopic (exact) mass is 267 g/mol. The van der Waals surface area contributed by atoms with Crippen molar-refractivity contribution in [2.45, 2.75) is 12.8 Å². The Bertz CT molecular complexity index is 427. The second-order valence-electron chi connectivity index (χ2n) is 2.93. The maximum Gasteiger partial charge on any atom is 0.496 e. The number of phosphoric acid groups is 1. The normalized spacial score (nSPS) is 11.6. The van der Waals surface area contributed by atoms with Crippen molar-refractivity contribution in [1.29, 1.82) is 0 Å². The minimum Gasteiger partial charge on any atom is -0.463 e. The Labute approximate surface area is 94.9 Å². The molecule has 0 bridgehead atoms. The zero-order chi connectivity index (χ0) is 12.9. The summed E-state index contributed by atoms with van der Waals surface area (Å²) in [6.07, 6.45) is 0.673. The van der Waals surface area contributed by atoms with Crippen LogP contribution in [0.1, 0.15) is 12.1 Å². The van der Waals surface area contributed by atoms with Gasteiger partial charge in [-0.15, -0.1) is 9.77 Å². The molecule has 1 aromatic heterocycles. The third-order valence-electron chi connectivity index (χ3n) is 1.55. The van der Waals surface area contributed by atoms with Crippen LogP contribution in [0.4, 0.5) is 4.79 Å². The first-order valence-corrected chi connectivity index (χ1v) is 5.93. The van der Waals surface area contributed by atoms with Gasteiger partial charge in [-0.25, -0.2) is 14.2 Å². The largest absolute Gasteiger partial charge is 0.496 e. The third-order valence-corrected chi connectivity index (χ3v) is 1.85. The van der Waals surface area contributed by atoms with Crippen molar-refractivity contribution < 1.29 is 33.8 Å². The molecule has 0 aliphatic carbocycles. The van der Waals surface area contributed by atoms with Crippen LogP contribution < -0.4 is 0 Å². The van der Waals surface area contributed by atoms with E-state index in [4.69, 9.17) is 14.9 Å². The summed E-state index contributed by atoms with van der Waals surface area (Å²) in [5, 5.41) is 15.4. The van der Waals surface area contributed by atoms with Gasteiger partial charge in [0.2, 0.25) is 0 Å². The van der Waals surface area contributed by atoms with Crippen molar-refractivity contribution in [3.8, 4) is 0 Å². The van der Waals surface area contributed by atoms with Crippen LogP contribution in [0.3, 0.4) is 0 Å². The first-order valence-electron chi connectivity index (χ1n) is 4.40. The zero-order valence-corrected chi connectivity index (χ0v) is 9.36. The molecule has 3 N–H and O–H groups in total. The Morgan fingerprint density at radius 2 is 2.24 bits per heavy atom. The van der Waals surface area contributed by atoms with E-state index in [0.29, 0.717) is 23.2 Å². The number of hydrogen-bond donors (Lipinski definition) is 3. The van der Waals surface area contributed by atoms with Gasteiger partial charge in [0.1, 0.15) is 0 Å². The van der Waals surface area contributed by atoms with Crippen LogP contribution in [0.2, 0.25) is 0 Å². The Morgan fingerprint density at radius 1 is 1.53 bits per heavy atom. The fourth-order valence-corrected chi connectivity index (χ4v) is 1.14. The van der Waals surface area contributed by atoms with Gasteiger partial charge in [0.05, 0.1) is 18.5 Å². The molecule has 0 radical (unpaired) electrons. The van der Waals surface area contributed by atoms with Crippen LogP contribution in [-0.4, -0.2) is 42.6 Å². The summed E-state index contributed by atoms with van der Waals surface area (Å²) < 4.78 is 14.6. The van der Waals surface area contributed by atoms with E-state index in [-0.39, 0.29) is 6.61 Å². The van der Waals surface area contributed by atoms with Crippen molar-refractivity contribution in [1.82, 2.24) is 15.0 Å². The Hall–Kier alpha value is -1.32. The van der Waals surface area contributed by atoms with Gasteiger partial charge >= 0.3 is 13.9 Å². The Balaban J connectivity index is 2.22. The fourth-order valence-electron chi connectivity index (χ4n) is 0.925. The molecule has 17 heavy (non-hydrogen) atoms. The van der Waals surface area contributed by atoms with Gasteiger partial charge in [-0.3, -0.25) is 0 Å². The highest BCUT2D eigenvalue weighted by atomic mass is 31.2. The molecule has 11 heteroatoms. The van der Waals surface area contributed by atoms with E-state index in [0.717, 1.165) is 0 Å². The molecule has 1 rings (SSSR count). The molecular weight excluding hydrogens is 257 g/mol. The lowest BCUT2D eigenvalue weighted by molar-refractivity contribution is -0.222. The minimum atomic E-state index is -4.62. The molecule has 96 valence electrons. The smallest absolute Gasteiger partial charge is 0.463 e. The van der Waals surface area contributed by atoms with E-state index in [1.54, 1.807) is 0 Å². The summed E-state index contributed by atoms with van der Waals surface area (Å²) in [5.41, 5.74) is 0.423. The van der Waals surface area contributed by atoms with Crippen LogP contribution in [0.25, 0.3) is 0 Å². The van der Waals surface area contributed by atoms with Crippen molar-refractivity contribution in [3.63, 3.8) is 0 Å². The summed E-state index contributed by atoms with van der Waals surface area (Å²) in [6, 6.07) is 0. The van der Waals surface area contributed by atoms with Crippen LogP contribution in [0.15, 0.2) is 6.20 Å². The first kappa shape index (κ1) is 13.7. The topological polar surface area (TPSA) is 144 Å². The van der Waals surface area contributed by atoms with Gasteiger partial charge in [0.15, 0.2) is 0 Å².